The van der Waals surface area contributed by atoms with E-state index in [-0.39, 0.29) is 27.9 Å². The fourth-order valence-electron chi connectivity index (χ4n) is 2.69. The van der Waals surface area contributed by atoms with Gasteiger partial charge >= 0.3 is 0 Å². The zero-order valence-electron chi connectivity index (χ0n) is 19.1. The van der Waals surface area contributed by atoms with Gasteiger partial charge in [-0.15, -0.1) is 11.5 Å². The van der Waals surface area contributed by atoms with Gasteiger partial charge in [0.1, 0.15) is 0 Å². The van der Waals surface area contributed by atoms with Gasteiger partial charge in [-0.3, -0.25) is 0 Å². The molecular weight excluding hydrogens is 380 g/mol. The number of terminal acetylenes is 1. The van der Waals surface area contributed by atoms with E-state index in [0.717, 1.165) is 16.7 Å². The lowest BCUT2D eigenvalue weighted by molar-refractivity contribution is 0.571. The maximum atomic E-state index is 13.3. The van der Waals surface area contributed by atoms with Crippen LogP contribution >= 0.6 is 0 Å². The SMILES string of the molecule is C#C/C(C#CC(C)(C)C)=N\NS(=O)(=O)c1c(C(C)C)cc(C(C)C)cc1C(C)C. The summed E-state index contributed by atoms with van der Waals surface area (Å²) in [4.78, 5) is 2.60. The zero-order chi connectivity index (χ0) is 22.6. The molecule has 1 rings (SSSR count). The molecule has 0 amide bonds. The number of nitrogens with one attached hydrogen (secondary N) is 1. The standard InChI is InChI=1S/C24H34N2O2S/c1-11-20(12-13-24(8,9)10)25-26-29(27,28)23-21(17(4)5)14-19(16(2)3)15-22(23)18(6)7/h1,14-18,26H,2-10H3/b25-20+. The molecule has 1 aromatic carbocycles. The lowest BCUT2D eigenvalue weighted by atomic mass is 9.89. The molecule has 1 N–H and O–H groups in total. The van der Waals surface area contributed by atoms with Gasteiger partial charge in [0.2, 0.25) is 0 Å². The van der Waals surface area contributed by atoms with Gasteiger partial charge in [0.15, 0.2) is 5.71 Å². The lowest BCUT2D eigenvalue weighted by Crippen LogP contribution is -2.24. The van der Waals surface area contributed by atoms with Crippen molar-refractivity contribution in [3.8, 4) is 24.2 Å². The van der Waals surface area contributed by atoms with Crippen LogP contribution in [0.1, 0.15) is 96.8 Å². The Morgan fingerprint density at radius 1 is 1.00 bits per heavy atom. The summed E-state index contributed by atoms with van der Waals surface area (Å²) in [5.74, 6) is 8.46. The predicted octanol–water partition coefficient (Wildman–Crippen LogP) is 5.37. The third kappa shape index (κ3) is 6.94. The lowest BCUT2D eigenvalue weighted by Gasteiger charge is -2.22. The first-order valence-corrected chi connectivity index (χ1v) is 11.4. The van der Waals surface area contributed by atoms with E-state index in [1.807, 2.05) is 60.6 Å². The van der Waals surface area contributed by atoms with E-state index in [0.29, 0.717) is 5.92 Å². The molecule has 0 aromatic heterocycles. The van der Waals surface area contributed by atoms with Crippen LogP contribution in [0.3, 0.4) is 0 Å². The molecule has 0 spiro atoms. The van der Waals surface area contributed by atoms with Crippen molar-refractivity contribution in [1.82, 2.24) is 4.83 Å². The van der Waals surface area contributed by atoms with Crippen LogP contribution in [0.15, 0.2) is 22.1 Å². The molecule has 0 saturated carbocycles. The van der Waals surface area contributed by atoms with Gasteiger partial charge in [-0.2, -0.15) is 13.2 Å². The van der Waals surface area contributed by atoms with Gasteiger partial charge < -0.3 is 0 Å². The largest absolute Gasteiger partial charge is 0.277 e. The van der Waals surface area contributed by atoms with Gasteiger partial charge in [0.25, 0.3) is 10.0 Å². The highest BCUT2D eigenvalue weighted by molar-refractivity contribution is 7.89. The van der Waals surface area contributed by atoms with Crippen molar-refractivity contribution in [2.24, 2.45) is 10.5 Å². The second-order valence-corrected chi connectivity index (χ2v) is 10.8. The van der Waals surface area contributed by atoms with Crippen LogP contribution in [0.2, 0.25) is 0 Å². The molecule has 0 unspecified atom stereocenters. The normalized spacial score (nSPS) is 12.7. The Kier molecular flexibility index (Phi) is 8.13. The van der Waals surface area contributed by atoms with Gasteiger partial charge in [-0.05, 0) is 67.1 Å². The molecule has 0 saturated heterocycles. The third-order valence-electron chi connectivity index (χ3n) is 4.32. The number of sulfonamides is 1. The van der Waals surface area contributed by atoms with E-state index in [4.69, 9.17) is 6.42 Å². The number of hydrogen-bond acceptors (Lipinski definition) is 3. The fourth-order valence-corrected chi connectivity index (χ4v) is 4.21. The molecule has 4 nitrogen and oxygen atoms in total. The molecule has 158 valence electrons. The van der Waals surface area contributed by atoms with Crippen molar-refractivity contribution < 1.29 is 8.42 Å². The van der Waals surface area contributed by atoms with E-state index in [2.05, 4.69) is 41.5 Å². The maximum Gasteiger partial charge on any atom is 0.277 e. The van der Waals surface area contributed by atoms with Crippen molar-refractivity contribution >= 4 is 15.7 Å². The maximum absolute atomic E-state index is 13.3. The molecule has 1 aromatic rings. The van der Waals surface area contributed by atoms with Crippen LogP contribution in [0.25, 0.3) is 0 Å². The van der Waals surface area contributed by atoms with Crippen LogP contribution in [-0.4, -0.2) is 14.1 Å². The van der Waals surface area contributed by atoms with E-state index in [1.54, 1.807) is 0 Å². The summed E-state index contributed by atoms with van der Waals surface area (Å²) in [5, 5.41) is 3.92. The highest BCUT2D eigenvalue weighted by Gasteiger charge is 2.26. The van der Waals surface area contributed by atoms with Gasteiger partial charge in [-0.1, -0.05) is 59.6 Å². The molecule has 0 aliphatic heterocycles. The average Bonchev–Trinajstić information content (AvgIpc) is 2.59. The average molecular weight is 415 g/mol. The molecule has 0 aliphatic carbocycles. The summed E-state index contributed by atoms with van der Waals surface area (Å²) in [6.45, 7) is 18.0. The number of hydrogen-bond donors (Lipinski definition) is 1. The summed E-state index contributed by atoms with van der Waals surface area (Å²) in [7, 11) is -3.91. The number of rotatable bonds is 6. The summed E-state index contributed by atoms with van der Waals surface area (Å²) in [6, 6.07) is 3.97. The summed E-state index contributed by atoms with van der Waals surface area (Å²) < 4.78 is 26.5. The van der Waals surface area contributed by atoms with Gasteiger partial charge in [0.05, 0.1) is 4.90 Å². The number of nitrogens with zero attached hydrogens (tertiary/aromatic N) is 1. The quantitative estimate of drug-likeness (QED) is 0.386. The summed E-state index contributed by atoms with van der Waals surface area (Å²) >= 11 is 0. The Morgan fingerprint density at radius 3 is 1.83 bits per heavy atom. The van der Waals surface area contributed by atoms with Crippen molar-refractivity contribution in [3.63, 3.8) is 0 Å². The Balaban J connectivity index is 3.59. The Labute approximate surface area is 177 Å². The number of benzene rings is 1. The molecule has 0 atom stereocenters. The van der Waals surface area contributed by atoms with Gasteiger partial charge in [0, 0.05) is 5.41 Å². The monoisotopic (exact) mass is 414 g/mol. The molecular formula is C24H34N2O2S. The molecule has 0 bridgehead atoms. The van der Waals surface area contributed by atoms with Crippen LogP contribution in [0.4, 0.5) is 0 Å². The molecule has 29 heavy (non-hydrogen) atoms. The smallest absolute Gasteiger partial charge is 0.200 e. The van der Waals surface area contributed by atoms with Crippen LogP contribution < -0.4 is 4.83 Å². The van der Waals surface area contributed by atoms with E-state index >= 15 is 0 Å². The molecule has 0 aliphatic rings. The first-order chi connectivity index (χ1) is 13.2. The highest BCUT2D eigenvalue weighted by Crippen LogP contribution is 2.35. The van der Waals surface area contributed by atoms with E-state index in [9.17, 15) is 8.42 Å². The zero-order valence-corrected chi connectivity index (χ0v) is 20.0. The highest BCUT2D eigenvalue weighted by atomic mass is 32.2. The molecule has 0 fully saturated rings. The second-order valence-electron chi connectivity index (χ2n) is 9.19. The number of hydrazone groups is 1. The Bertz CT molecular complexity index is 945. The van der Waals surface area contributed by atoms with Crippen molar-refractivity contribution in [2.45, 2.75) is 85.0 Å². The van der Waals surface area contributed by atoms with E-state index in [1.165, 1.54) is 0 Å². The molecule has 0 heterocycles. The minimum atomic E-state index is -3.91. The third-order valence-corrected chi connectivity index (χ3v) is 5.66. The topological polar surface area (TPSA) is 58.5 Å². The van der Waals surface area contributed by atoms with Crippen LogP contribution in [-0.2, 0) is 10.0 Å². The predicted molar refractivity (Wildman–Crippen MR) is 123 cm³/mol. The molecule has 5 heteroatoms. The second kappa shape index (κ2) is 9.51. The Morgan fingerprint density at radius 2 is 1.48 bits per heavy atom. The van der Waals surface area contributed by atoms with Crippen molar-refractivity contribution in [2.75, 3.05) is 0 Å². The minimum absolute atomic E-state index is 0.0366. The fraction of sp³-hybridized carbons (Fsp3) is 0.542. The van der Waals surface area contributed by atoms with Gasteiger partial charge in [-0.25, -0.2) is 0 Å². The minimum Gasteiger partial charge on any atom is -0.200 e. The van der Waals surface area contributed by atoms with Crippen molar-refractivity contribution in [3.05, 3.63) is 28.8 Å². The summed E-state index contributed by atoms with van der Waals surface area (Å²) in [5.41, 5.74) is 2.48. The Hall–Kier alpha value is -2.24. The van der Waals surface area contributed by atoms with E-state index < -0.39 is 10.0 Å². The van der Waals surface area contributed by atoms with Crippen LogP contribution in [0.5, 0.6) is 0 Å². The van der Waals surface area contributed by atoms with Crippen molar-refractivity contribution in [1.29, 1.82) is 0 Å². The van der Waals surface area contributed by atoms with Crippen LogP contribution in [0, 0.1) is 29.6 Å². The first-order valence-electron chi connectivity index (χ1n) is 9.96. The molecule has 0 radical (unpaired) electrons. The first kappa shape index (κ1) is 24.8. The summed E-state index contributed by atoms with van der Waals surface area (Å²) in [6.07, 6.45) is 5.46.